The lowest BCUT2D eigenvalue weighted by molar-refractivity contribution is -0.144. The summed E-state index contributed by atoms with van der Waals surface area (Å²) in [4.78, 5) is 10.6. The van der Waals surface area contributed by atoms with Crippen LogP contribution < -0.4 is 0 Å². The minimum absolute atomic E-state index is 0.0927. The average Bonchev–Trinajstić information content (AvgIpc) is 1.77. The molecule has 0 bridgehead atoms. The Balaban J connectivity index is 4.17. The molecule has 84 valence electrons. The molecular formula is C11H22O3. The van der Waals surface area contributed by atoms with E-state index in [4.69, 9.17) is 9.84 Å². The van der Waals surface area contributed by atoms with Gasteiger partial charge in [-0.15, -0.1) is 0 Å². The third-order valence-corrected chi connectivity index (χ3v) is 1.66. The van der Waals surface area contributed by atoms with Crippen molar-refractivity contribution in [1.29, 1.82) is 0 Å². The minimum Gasteiger partial charge on any atom is -0.481 e. The van der Waals surface area contributed by atoms with Crippen molar-refractivity contribution in [1.82, 2.24) is 0 Å². The number of carboxylic acids is 1. The molecule has 0 saturated heterocycles. The summed E-state index contributed by atoms with van der Waals surface area (Å²) in [6, 6.07) is 0. The number of hydrogen-bond acceptors (Lipinski definition) is 2. The number of carbonyl (C=O) groups is 1. The molecule has 0 amide bonds. The third-order valence-electron chi connectivity index (χ3n) is 1.66. The number of hydrogen-bond donors (Lipinski definition) is 1. The Kier molecular flexibility index (Phi) is 5.13. The topological polar surface area (TPSA) is 46.5 Å². The molecule has 0 aliphatic carbocycles. The zero-order valence-corrected chi connectivity index (χ0v) is 9.83. The summed E-state index contributed by atoms with van der Waals surface area (Å²) < 4.78 is 5.68. The van der Waals surface area contributed by atoms with E-state index in [-0.39, 0.29) is 18.1 Å². The summed E-state index contributed by atoms with van der Waals surface area (Å²) >= 11 is 0. The van der Waals surface area contributed by atoms with Gasteiger partial charge in [0.2, 0.25) is 0 Å². The second-order valence-corrected chi connectivity index (χ2v) is 5.08. The summed E-state index contributed by atoms with van der Waals surface area (Å²) in [5.74, 6) is -0.332. The van der Waals surface area contributed by atoms with Crippen molar-refractivity contribution >= 4 is 5.97 Å². The Morgan fingerprint density at radius 1 is 1.36 bits per heavy atom. The average molecular weight is 202 g/mol. The van der Waals surface area contributed by atoms with E-state index in [1.54, 1.807) is 0 Å². The molecule has 0 radical (unpaired) electrons. The van der Waals surface area contributed by atoms with Gasteiger partial charge in [-0.3, -0.25) is 4.79 Å². The lowest BCUT2D eigenvalue weighted by atomic mass is 10.0. The van der Waals surface area contributed by atoms with Crippen LogP contribution in [0.25, 0.3) is 0 Å². The molecule has 0 heterocycles. The van der Waals surface area contributed by atoms with Crippen molar-refractivity contribution < 1.29 is 14.6 Å². The van der Waals surface area contributed by atoms with Crippen LogP contribution in [0, 0.1) is 5.92 Å². The van der Waals surface area contributed by atoms with E-state index in [1.165, 1.54) is 0 Å². The monoisotopic (exact) mass is 202 g/mol. The molecule has 3 nitrogen and oxygen atoms in total. The highest BCUT2D eigenvalue weighted by Gasteiger charge is 2.21. The predicted octanol–water partition coefficient (Wildman–Crippen LogP) is 2.69. The summed E-state index contributed by atoms with van der Waals surface area (Å²) in [5.41, 5.74) is -0.269. The summed E-state index contributed by atoms with van der Waals surface area (Å²) in [7, 11) is 0. The van der Waals surface area contributed by atoms with Crippen LogP contribution in [0.1, 0.15) is 47.5 Å². The zero-order chi connectivity index (χ0) is 11.4. The maximum absolute atomic E-state index is 10.6. The lowest BCUT2D eigenvalue weighted by Crippen LogP contribution is -2.30. The van der Waals surface area contributed by atoms with E-state index in [2.05, 4.69) is 13.8 Å². The first-order valence-corrected chi connectivity index (χ1v) is 5.10. The van der Waals surface area contributed by atoms with Gasteiger partial charge in [0.1, 0.15) is 0 Å². The molecular weight excluding hydrogens is 180 g/mol. The first-order valence-electron chi connectivity index (χ1n) is 5.10. The highest BCUT2D eigenvalue weighted by Crippen LogP contribution is 2.19. The van der Waals surface area contributed by atoms with Crippen LogP contribution >= 0.6 is 0 Å². The molecule has 0 aromatic rings. The van der Waals surface area contributed by atoms with E-state index < -0.39 is 5.97 Å². The molecule has 0 aliphatic heterocycles. The highest BCUT2D eigenvalue weighted by molar-refractivity contribution is 5.67. The maximum Gasteiger partial charge on any atom is 0.305 e. The van der Waals surface area contributed by atoms with Crippen molar-refractivity contribution in [3.8, 4) is 0 Å². The summed E-state index contributed by atoms with van der Waals surface area (Å²) in [6.07, 6.45) is 0.714. The van der Waals surface area contributed by atoms with E-state index in [0.717, 1.165) is 6.42 Å². The molecule has 0 aromatic carbocycles. The first kappa shape index (κ1) is 13.4. The predicted molar refractivity (Wildman–Crippen MR) is 56.3 cm³/mol. The second kappa shape index (κ2) is 5.35. The second-order valence-electron chi connectivity index (χ2n) is 5.08. The molecule has 0 aliphatic rings. The smallest absolute Gasteiger partial charge is 0.305 e. The van der Waals surface area contributed by atoms with E-state index in [0.29, 0.717) is 5.92 Å². The van der Waals surface area contributed by atoms with Crippen LogP contribution in [0.15, 0.2) is 0 Å². The van der Waals surface area contributed by atoms with Gasteiger partial charge in [-0.25, -0.2) is 0 Å². The molecule has 0 aromatic heterocycles. The Morgan fingerprint density at radius 2 is 1.86 bits per heavy atom. The molecule has 0 spiro atoms. The molecule has 1 atom stereocenters. The van der Waals surface area contributed by atoms with Crippen LogP contribution in [0.3, 0.4) is 0 Å². The van der Waals surface area contributed by atoms with E-state index in [9.17, 15) is 4.79 Å². The van der Waals surface area contributed by atoms with Gasteiger partial charge in [0.05, 0.1) is 18.1 Å². The van der Waals surface area contributed by atoms with Crippen LogP contribution in [0.2, 0.25) is 0 Å². The van der Waals surface area contributed by atoms with Crippen molar-refractivity contribution in [3.63, 3.8) is 0 Å². The van der Waals surface area contributed by atoms with Crippen molar-refractivity contribution in [2.24, 2.45) is 5.92 Å². The van der Waals surface area contributed by atoms with Gasteiger partial charge < -0.3 is 9.84 Å². The molecule has 3 heteroatoms. The maximum atomic E-state index is 10.6. The van der Waals surface area contributed by atoms with Crippen molar-refractivity contribution in [2.75, 3.05) is 0 Å². The number of ether oxygens (including phenoxy) is 1. The molecule has 1 N–H and O–H groups in total. The Bertz CT molecular complexity index is 179. The molecule has 0 saturated carbocycles. The standard InChI is InChI=1S/C11H22O3/c1-8(2)6-9(7-10(12)13)14-11(3,4)5/h8-9H,6-7H2,1-5H3,(H,12,13). The van der Waals surface area contributed by atoms with Gasteiger partial charge >= 0.3 is 5.97 Å². The normalized spacial score (nSPS) is 14.4. The van der Waals surface area contributed by atoms with Crippen LogP contribution in [-0.4, -0.2) is 22.8 Å². The number of carboxylic acid groups (broad SMARTS) is 1. The Morgan fingerprint density at radius 3 is 2.14 bits per heavy atom. The fourth-order valence-corrected chi connectivity index (χ4v) is 1.39. The fourth-order valence-electron chi connectivity index (χ4n) is 1.39. The van der Waals surface area contributed by atoms with Crippen molar-refractivity contribution in [3.05, 3.63) is 0 Å². The van der Waals surface area contributed by atoms with Crippen LogP contribution in [0.5, 0.6) is 0 Å². The molecule has 0 fully saturated rings. The molecule has 14 heavy (non-hydrogen) atoms. The number of aliphatic carboxylic acids is 1. The summed E-state index contributed by atoms with van der Waals surface area (Å²) in [5, 5.41) is 8.71. The minimum atomic E-state index is -0.792. The Hall–Kier alpha value is -0.570. The van der Waals surface area contributed by atoms with Gasteiger partial charge in [-0.1, -0.05) is 13.8 Å². The van der Waals surface area contributed by atoms with Gasteiger partial charge in [-0.2, -0.15) is 0 Å². The van der Waals surface area contributed by atoms with Gasteiger partial charge in [0, 0.05) is 0 Å². The van der Waals surface area contributed by atoms with Crippen LogP contribution in [0.4, 0.5) is 0 Å². The van der Waals surface area contributed by atoms with E-state index >= 15 is 0 Å². The van der Waals surface area contributed by atoms with Gasteiger partial charge in [-0.05, 0) is 33.1 Å². The van der Waals surface area contributed by atoms with Crippen molar-refractivity contribution in [2.45, 2.75) is 59.2 Å². The fraction of sp³-hybridized carbons (Fsp3) is 0.909. The molecule has 0 rings (SSSR count). The van der Waals surface area contributed by atoms with E-state index in [1.807, 2.05) is 20.8 Å². The van der Waals surface area contributed by atoms with Crippen LogP contribution in [-0.2, 0) is 9.53 Å². The first-order chi connectivity index (χ1) is 6.20. The lowest BCUT2D eigenvalue weighted by Gasteiger charge is -2.27. The summed E-state index contributed by atoms with van der Waals surface area (Å²) in [6.45, 7) is 9.98. The SMILES string of the molecule is CC(C)CC(CC(=O)O)OC(C)(C)C. The number of rotatable bonds is 5. The van der Waals surface area contributed by atoms with Gasteiger partial charge in [0.25, 0.3) is 0 Å². The molecule has 1 unspecified atom stereocenters. The third kappa shape index (κ3) is 8.05. The quantitative estimate of drug-likeness (QED) is 0.745. The van der Waals surface area contributed by atoms with Gasteiger partial charge in [0.15, 0.2) is 0 Å². The zero-order valence-electron chi connectivity index (χ0n) is 9.83. The largest absolute Gasteiger partial charge is 0.481 e. The highest BCUT2D eigenvalue weighted by atomic mass is 16.5. The Labute approximate surface area is 86.5 Å².